The molecule has 1 N–H and O–H groups in total. The van der Waals surface area contributed by atoms with Crippen LogP contribution in [0, 0.1) is 5.82 Å². The smallest absolute Gasteiger partial charge is 0.125 e. The van der Waals surface area contributed by atoms with E-state index < -0.39 is 0 Å². The molecule has 0 atom stereocenters. The van der Waals surface area contributed by atoms with E-state index in [1.54, 1.807) is 12.1 Å². The van der Waals surface area contributed by atoms with Crippen molar-refractivity contribution in [3.05, 3.63) is 48.9 Å². The molecule has 0 spiro atoms. The summed E-state index contributed by atoms with van der Waals surface area (Å²) in [5.74, 6) is -0.188. The molecule has 2 rings (SSSR count). The topological polar surface area (TPSA) is 17.0 Å². The van der Waals surface area contributed by atoms with Gasteiger partial charge < -0.3 is 9.88 Å². The molecule has 1 aromatic heterocycles. The number of rotatable bonds is 5. The van der Waals surface area contributed by atoms with Gasteiger partial charge >= 0.3 is 0 Å². The first kappa shape index (κ1) is 10.9. The zero-order valence-electron chi connectivity index (χ0n) is 9.12. The molecule has 2 aromatic rings. The summed E-state index contributed by atoms with van der Waals surface area (Å²) in [6.07, 6.45) is 3.81. The standard InChI is InChI=1S/C13H15FN2/c1-2-6-15-7-9-16-8-5-11-3-4-12(14)10-13(11)16/h2-5,8,10,15H,1,6-7,9H2. The summed E-state index contributed by atoms with van der Waals surface area (Å²) >= 11 is 0. The molecular weight excluding hydrogens is 203 g/mol. The van der Waals surface area contributed by atoms with E-state index in [2.05, 4.69) is 16.5 Å². The number of aromatic nitrogens is 1. The van der Waals surface area contributed by atoms with E-state index in [1.165, 1.54) is 6.07 Å². The van der Waals surface area contributed by atoms with Crippen LogP contribution >= 0.6 is 0 Å². The molecule has 0 radical (unpaired) electrons. The number of fused-ring (bicyclic) bond motifs is 1. The van der Waals surface area contributed by atoms with Gasteiger partial charge in [-0.25, -0.2) is 4.39 Å². The molecular formula is C13H15FN2. The second-order valence-electron chi connectivity index (χ2n) is 3.71. The summed E-state index contributed by atoms with van der Waals surface area (Å²) in [6, 6.07) is 6.87. The summed E-state index contributed by atoms with van der Waals surface area (Å²) in [7, 11) is 0. The van der Waals surface area contributed by atoms with Crippen molar-refractivity contribution in [2.24, 2.45) is 0 Å². The van der Waals surface area contributed by atoms with Gasteiger partial charge in [0.25, 0.3) is 0 Å². The van der Waals surface area contributed by atoms with Crippen LogP contribution < -0.4 is 5.32 Å². The molecule has 0 saturated carbocycles. The first-order chi connectivity index (χ1) is 7.81. The average Bonchev–Trinajstić information content (AvgIpc) is 2.67. The number of hydrogen-bond donors (Lipinski definition) is 1. The Bertz CT molecular complexity index is 488. The summed E-state index contributed by atoms with van der Waals surface area (Å²) < 4.78 is 15.1. The molecule has 0 saturated heterocycles. The summed E-state index contributed by atoms with van der Waals surface area (Å²) in [6.45, 7) is 6.12. The van der Waals surface area contributed by atoms with Crippen LogP contribution in [-0.2, 0) is 6.54 Å². The SMILES string of the molecule is C=CCNCCn1ccc2ccc(F)cc21. The Hall–Kier alpha value is -1.61. The zero-order chi connectivity index (χ0) is 11.4. The van der Waals surface area contributed by atoms with Gasteiger partial charge in [0.2, 0.25) is 0 Å². The van der Waals surface area contributed by atoms with Crippen molar-refractivity contribution in [2.75, 3.05) is 13.1 Å². The predicted molar refractivity (Wildman–Crippen MR) is 65.0 cm³/mol. The molecule has 1 aromatic carbocycles. The highest BCUT2D eigenvalue weighted by molar-refractivity contribution is 5.80. The number of hydrogen-bond acceptors (Lipinski definition) is 1. The monoisotopic (exact) mass is 218 g/mol. The minimum atomic E-state index is -0.188. The Morgan fingerprint density at radius 3 is 3.06 bits per heavy atom. The molecule has 0 amide bonds. The van der Waals surface area contributed by atoms with Crippen LogP contribution in [0.15, 0.2) is 43.1 Å². The van der Waals surface area contributed by atoms with Gasteiger partial charge in [-0.1, -0.05) is 6.08 Å². The van der Waals surface area contributed by atoms with E-state index in [0.717, 1.165) is 30.5 Å². The fourth-order valence-electron chi connectivity index (χ4n) is 1.76. The molecule has 0 unspecified atom stereocenters. The molecule has 0 aliphatic rings. The third-order valence-corrected chi connectivity index (χ3v) is 2.55. The number of halogens is 1. The van der Waals surface area contributed by atoms with Crippen LogP contribution in [-0.4, -0.2) is 17.7 Å². The third kappa shape index (κ3) is 2.31. The molecule has 0 aliphatic carbocycles. The van der Waals surface area contributed by atoms with E-state index in [-0.39, 0.29) is 5.82 Å². The molecule has 0 bridgehead atoms. The van der Waals surface area contributed by atoms with E-state index in [1.807, 2.05) is 18.3 Å². The van der Waals surface area contributed by atoms with Crippen molar-refractivity contribution in [1.29, 1.82) is 0 Å². The molecule has 1 heterocycles. The van der Waals surface area contributed by atoms with Crippen LogP contribution in [0.2, 0.25) is 0 Å². The van der Waals surface area contributed by atoms with Gasteiger partial charge in [0, 0.05) is 25.8 Å². The first-order valence-corrected chi connectivity index (χ1v) is 5.37. The fraction of sp³-hybridized carbons (Fsp3) is 0.231. The van der Waals surface area contributed by atoms with Gasteiger partial charge in [-0.05, 0) is 29.7 Å². The predicted octanol–water partition coefficient (Wildman–Crippen LogP) is 2.56. The van der Waals surface area contributed by atoms with Crippen molar-refractivity contribution in [3.8, 4) is 0 Å². The lowest BCUT2D eigenvalue weighted by Gasteiger charge is -2.05. The van der Waals surface area contributed by atoms with Crippen LogP contribution in [0.1, 0.15) is 0 Å². The number of benzene rings is 1. The lowest BCUT2D eigenvalue weighted by atomic mass is 10.2. The van der Waals surface area contributed by atoms with Crippen LogP contribution in [0.5, 0.6) is 0 Å². The number of nitrogens with one attached hydrogen (secondary N) is 1. The third-order valence-electron chi connectivity index (χ3n) is 2.55. The zero-order valence-corrected chi connectivity index (χ0v) is 9.12. The lowest BCUT2D eigenvalue weighted by molar-refractivity contribution is 0.622. The lowest BCUT2D eigenvalue weighted by Crippen LogP contribution is -2.19. The van der Waals surface area contributed by atoms with E-state index in [0.29, 0.717) is 0 Å². The van der Waals surface area contributed by atoms with Crippen molar-refractivity contribution >= 4 is 10.9 Å². The number of nitrogens with zero attached hydrogens (tertiary/aromatic N) is 1. The first-order valence-electron chi connectivity index (χ1n) is 5.37. The van der Waals surface area contributed by atoms with Gasteiger partial charge in [0.05, 0.1) is 5.52 Å². The van der Waals surface area contributed by atoms with Gasteiger partial charge in [0.1, 0.15) is 5.82 Å². The van der Waals surface area contributed by atoms with Crippen LogP contribution in [0.3, 0.4) is 0 Å². The highest BCUT2D eigenvalue weighted by Crippen LogP contribution is 2.16. The van der Waals surface area contributed by atoms with Gasteiger partial charge in [-0.15, -0.1) is 6.58 Å². The normalized spacial score (nSPS) is 10.8. The molecule has 0 fully saturated rings. The van der Waals surface area contributed by atoms with Crippen LogP contribution in [0.25, 0.3) is 10.9 Å². The van der Waals surface area contributed by atoms with E-state index in [9.17, 15) is 4.39 Å². The molecule has 84 valence electrons. The average molecular weight is 218 g/mol. The van der Waals surface area contributed by atoms with Crippen molar-refractivity contribution in [3.63, 3.8) is 0 Å². The van der Waals surface area contributed by atoms with Gasteiger partial charge in [-0.2, -0.15) is 0 Å². The molecule has 0 aliphatic heterocycles. The van der Waals surface area contributed by atoms with Crippen LogP contribution in [0.4, 0.5) is 4.39 Å². The van der Waals surface area contributed by atoms with Gasteiger partial charge in [-0.3, -0.25) is 0 Å². The molecule has 16 heavy (non-hydrogen) atoms. The minimum absolute atomic E-state index is 0.188. The maximum Gasteiger partial charge on any atom is 0.125 e. The van der Waals surface area contributed by atoms with Gasteiger partial charge in [0.15, 0.2) is 0 Å². The Morgan fingerprint density at radius 1 is 1.38 bits per heavy atom. The maximum absolute atomic E-state index is 13.1. The minimum Gasteiger partial charge on any atom is -0.346 e. The largest absolute Gasteiger partial charge is 0.346 e. The summed E-state index contributed by atoms with van der Waals surface area (Å²) in [5.41, 5.74) is 0.945. The van der Waals surface area contributed by atoms with Crippen molar-refractivity contribution in [2.45, 2.75) is 6.54 Å². The van der Waals surface area contributed by atoms with E-state index in [4.69, 9.17) is 0 Å². The summed E-state index contributed by atoms with van der Waals surface area (Å²) in [5, 5.41) is 4.29. The van der Waals surface area contributed by atoms with Crippen molar-refractivity contribution in [1.82, 2.24) is 9.88 Å². The Morgan fingerprint density at radius 2 is 2.25 bits per heavy atom. The quantitative estimate of drug-likeness (QED) is 0.603. The maximum atomic E-state index is 13.1. The Balaban J connectivity index is 2.11. The highest BCUT2D eigenvalue weighted by atomic mass is 19.1. The second kappa shape index (κ2) is 4.94. The van der Waals surface area contributed by atoms with Crippen molar-refractivity contribution < 1.29 is 4.39 Å². The molecule has 2 nitrogen and oxygen atoms in total. The Kier molecular flexibility index (Phi) is 3.37. The second-order valence-corrected chi connectivity index (χ2v) is 3.71. The summed E-state index contributed by atoms with van der Waals surface area (Å²) in [4.78, 5) is 0. The highest BCUT2D eigenvalue weighted by Gasteiger charge is 2.01. The Labute approximate surface area is 94.4 Å². The molecule has 3 heteroatoms. The fourth-order valence-corrected chi connectivity index (χ4v) is 1.76. The van der Waals surface area contributed by atoms with E-state index >= 15 is 0 Å².